The van der Waals surface area contributed by atoms with Crippen molar-refractivity contribution in [3.05, 3.63) is 47.5 Å². The Hall–Kier alpha value is -2.73. The van der Waals surface area contributed by atoms with Gasteiger partial charge in [-0.15, -0.1) is 0 Å². The van der Waals surface area contributed by atoms with E-state index in [9.17, 15) is 9.90 Å². The molecule has 1 aliphatic rings. The Labute approximate surface area is 140 Å². The van der Waals surface area contributed by atoms with E-state index >= 15 is 0 Å². The number of rotatable bonds is 5. The van der Waals surface area contributed by atoms with E-state index in [1.807, 2.05) is 0 Å². The Morgan fingerprint density at radius 1 is 1.00 bits per heavy atom. The fourth-order valence-electron chi connectivity index (χ4n) is 2.99. The second-order valence-electron chi connectivity index (χ2n) is 5.37. The summed E-state index contributed by atoms with van der Waals surface area (Å²) >= 11 is 0. The highest BCUT2D eigenvalue weighted by atomic mass is 16.5. The van der Waals surface area contributed by atoms with E-state index in [2.05, 4.69) is 0 Å². The number of aliphatic hydroxyl groups is 1. The van der Waals surface area contributed by atoms with Crippen LogP contribution in [0.25, 0.3) is 0 Å². The molecule has 3 rings (SSSR count). The van der Waals surface area contributed by atoms with Crippen molar-refractivity contribution >= 4 is 11.6 Å². The summed E-state index contributed by atoms with van der Waals surface area (Å²) in [6.07, 6.45) is 0. The van der Waals surface area contributed by atoms with Crippen LogP contribution in [-0.2, 0) is 0 Å². The molecule has 2 aromatic rings. The number of benzene rings is 2. The zero-order chi connectivity index (χ0) is 17.3. The van der Waals surface area contributed by atoms with Gasteiger partial charge in [-0.2, -0.15) is 0 Å². The lowest BCUT2D eigenvalue weighted by Gasteiger charge is -2.24. The smallest absolute Gasteiger partial charge is 0.259 e. The maximum atomic E-state index is 12.9. The zero-order valence-corrected chi connectivity index (χ0v) is 13.8. The lowest BCUT2D eigenvalue weighted by Crippen LogP contribution is -2.29. The zero-order valence-electron chi connectivity index (χ0n) is 13.8. The molecule has 1 amide bonds. The average molecular weight is 329 g/mol. The molecule has 1 atom stereocenters. The Morgan fingerprint density at radius 3 is 2.17 bits per heavy atom. The molecule has 1 N–H and O–H groups in total. The average Bonchev–Trinajstić information content (AvgIpc) is 2.91. The van der Waals surface area contributed by atoms with Gasteiger partial charge in [0.2, 0.25) is 0 Å². The molecule has 0 saturated heterocycles. The first kappa shape index (κ1) is 16.1. The molecule has 6 nitrogen and oxygen atoms in total. The summed E-state index contributed by atoms with van der Waals surface area (Å²) in [4.78, 5) is 14.4. The molecular formula is C18H19NO5. The SMILES string of the molecule is COc1ccc(N2C(=O)c3cc(OC)c(OC)cc3C2CO)cc1. The third-order valence-electron chi connectivity index (χ3n) is 4.20. The molecule has 0 spiro atoms. The number of amides is 1. The largest absolute Gasteiger partial charge is 0.497 e. The minimum Gasteiger partial charge on any atom is -0.497 e. The molecule has 2 aromatic carbocycles. The molecule has 0 bridgehead atoms. The summed E-state index contributed by atoms with van der Waals surface area (Å²) in [5, 5.41) is 9.86. The fourth-order valence-corrected chi connectivity index (χ4v) is 2.99. The first-order chi connectivity index (χ1) is 11.6. The lowest BCUT2D eigenvalue weighted by molar-refractivity contribution is 0.0982. The predicted molar refractivity (Wildman–Crippen MR) is 89.2 cm³/mol. The Kier molecular flexibility index (Phi) is 4.31. The van der Waals surface area contributed by atoms with E-state index in [4.69, 9.17) is 14.2 Å². The van der Waals surface area contributed by atoms with Crippen molar-refractivity contribution < 1.29 is 24.1 Å². The first-order valence-corrected chi connectivity index (χ1v) is 7.49. The number of nitrogens with zero attached hydrogens (tertiary/aromatic N) is 1. The number of anilines is 1. The highest BCUT2D eigenvalue weighted by molar-refractivity contribution is 6.11. The summed E-state index contributed by atoms with van der Waals surface area (Å²) < 4.78 is 15.7. The highest BCUT2D eigenvalue weighted by Gasteiger charge is 2.38. The topological polar surface area (TPSA) is 68.2 Å². The molecule has 1 unspecified atom stereocenters. The number of fused-ring (bicyclic) bond motifs is 1. The molecule has 0 aliphatic carbocycles. The van der Waals surface area contributed by atoms with Crippen molar-refractivity contribution in [2.45, 2.75) is 6.04 Å². The lowest BCUT2D eigenvalue weighted by atomic mass is 10.0. The maximum Gasteiger partial charge on any atom is 0.259 e. The maximum absolute atomic E-state index is 12.9. The standard InChI is InChI=1S/C18H19NO5/c1-22-12-6-4-11(5-7-12)19-15(10-20)13-8-16(23-2)17(24-3)9-14(13)18(19)21/h4-9,15,20H,10H2,1-3H3. The molecule has 0 fully saturated rings. The minimum atomic E-state index is -0.472. The van der Waals surface area contributed by atoms with E-state index < -0.39 is 6.04 Å². The number of methoxy groups -OCH3 is 3. The van der Waals surface area contributed by atoms with Gasteiger partial charge in [-0.05, 0) is 42.0 Å². The number of carbonyl (C=O) groups excluding carboxylic acids is 1. The molecule has 1 aliphatic heterocycles. The van der Waals surface area contributed by atoms with Crippen LogP contribution in [-0.4, -0.2) is 38.9 Å². The number of carbonyl (C=O) groups is 1. The second kappa shape index (κ2) is 6.41. The van der Waals surface area contributed by atoms with Crippen molar-refractivity contribution in [2.75, 3.05) is 32.8 Å². The van der Waals surface area contributed by atoms with Crippen LogP contribution in [0.1, 0.15) is 22.0 Å². The van der Waals surface area contributed by atoms with E-state index in [1.165, 1.54) is 14.2 Å². The fraction of sp³-hybridized carbons (Fsp3) is 0.278. The van der Waals surface area contributed by atoms with Gasteiger partial charge in [0.05, 0.1) is 34.0 Å². The summed E-state index contributed by atoms with van der Waals surface area (Å²) in [7, 11) is 4.64. The van der Waals surface area contributed by atoms with E-state index in [1.54, 1.807) is 48.4 Å². The molecule has 6 heteroatoms. The molecule has 0 saturated carbocycles. The second-order valence-corrected chi connectivity index (χ2v) is 5.37. The molecule has 0 radical (unpaired) electrons. The van der Waals surface area contributed by atoms with Crippen molar-refractivity contribution in [2.24, 2.45) is 0 Å². The Morgan fingerprint density at radius 2 is 1.62 bits per heavy atom. The predicted octanol–water partition coefficient (Wildman–Crippen LogP) is 2.41. The normalized spacial score (nSPS) is 16.1. The van der Waals surface area contributed by atoms with Gasteiger partial charge in [0.15, 0.2) is 11.5 Å². The Balaban J connectivity index is 2.07. The van der Waals surface area contributed by atoms with Gasteiger partial charge >= 0.3 is 0 Å². The van der Waals surface area contributed by atoms with Crippen LogP contribution in [0.15, 0.2) is 36.4 Å². The van der Waals surface area contributed by atoms with Gasteiger partial charge < -0.3 is 19.3 Å². The van der Waals surface area contributed by atoms with Gasteiger partial charge in [0.1, 0.15) is 5.75 Å². The van der Waals surface area contributed by atoms with Crippen LogP contribution in [0.3, 0.4) is 0 Å². The van der Waals surface area contributed by atoms with Crippen molar-refractivity contribution in [1.29, 1.82) is 0 Å². The highest BCUT2D eigenvalue weighted by Crippen LogP contribution is 2.42. The van der Waals surface area contributed by atoms with Crippen LogP contribution in [0, 0.1) is 0 Å². The quantitative estimate of drug-likeness (QED) is 0.912. The number of ether oxygens (including phenoxy) is 3. The third-order valence-corrected chi connectivity index (χ3v) is 4.20. The van der Waals surface area contributed by atoms with Crippen molar-refractivity contribution in [1.82, 2.24) is 0 Å². The summed E-state index contributed by atoms with van der Waals surface area (Å²) in [6, 6.07) is 10.1. The van der Waals surface area contributed by atoms with Gasteiger partial charge in [0.25, 0.3) is 5.91 Å². The van der Waals surface area contributed by atoms with Crippen LogP contribution < -0.4 is 19.1 Å². The van der Waals surface area contributed by atoms with E-state index in [-0.39, 0.29) is 12.5 Å². The van der Waals surface area contributed by atoms with E-state index in [0.717, 1.165) is 5.56 Å². The minimum absolute atomic E-state index is 0.185. The Bertz CT molecular complexity index is 757. The summed E-state index contributed by atoms with van der Waals surface area (Å²) in [6.45, 7) is -0.194. The molecule has 1 heterocycles. The van der Waals surface area contributed by atoms with Crippen LogP contribution in [0.2, 0.25) is 0 Å². The summed E-state index contributed by atoms with van der Waals surface area (Å²) in [5.74, 6) is 1.53. The first-order valence-electron chi connectivity index (χ1n) is 7.49. The monoisotopic (exact) mass is 329 g/mol. The van der Waals surface area contributed by atoms with Crippen molar-refractivity contribution in [3.8, 4) is 17.2 Å². The number of aliphatic hydroxyl groups excluding tert-OH is 1. The van der Waals surface area contributed by atoms with Gasteiger partial charge in [0, 0.05) is 11.3 Å². The number of hydrogen-bond acceptors (Lipinski definition) is 5. The van der Waals surface area contributed by atoms with Crippen LogP contribution in [0.5, 0.6) is 17.2 Å². The molecular weight excluding hydrogens is 310 g/mol. The third kappa shape index (κ3) is 2.45. The van der Waals surface area contributed by atoms with Gasteiger partial charge in [-0.1, -0.05) is 0 Å². The van der Waals surface area contributed by atoms with Crippen molar-refractivity contribution in [3.63, 3.8) is 0 Å². The molecule has 126 valence electrons. The molecule has 24 heavy (non-hydrogen) atoms. The van der Waals surface area contributed by atoms with Crippen LogP contribution in [0.4, 0.5) is 5.69 Å². The van der Waals surface area contributed by atoms with Gasteiger partial charge in [-0.25, -0.2) is 0 Å². The summed E-state index contributed by atoms with van der Waals surface area (Å²) in [5.41, 5.74) is 1.91. The van der Waals surface area contributed by atoms with E-state index in [0.29, 0.717) is 28.5 Å². The van der Waals surface area contributed by atoms with Gasteiger partial charge in [-0.3, -0.25) is 9.69 Å². The molecule has 0 aromatic heterocycles. The van der Waals surface area contributed by atoms with Crippen LogP contribution >= 0.6 is 0 Å². The number of hydrogen-bond donors (Lipinski definition) is 1.